The fourth-order valence-electron chi connectivity index (χ4n) is 3.80. The molecule has 0 aromatic heterocycles. The summed E-state index contributed by atoms with van der Waals surface area (Å²) in [6.45, 7) is 0.690. The Balaban J connectivity index is 1.88. The Morgan fingerprint density at radius 3 is 2.89 bits per heavy atom. The highest BCUT2D eigenvalue weighted by molar-refractivity contribution is 9.10. The number of hydrogen-bond acceptors (Lipinski definition) is 4. The van der Waals surface area contributed by atoms with Crippen molar-refractivity contribution in [1.82, 2.24) is 5.32 Å². The maximum atomic E-state index is 14.1. The number of benzene rings is 2. The first-order valence-electron chi connectivity index (χ1n) is 8.55. The molecular formula is C19H17BrF2N2O3. The molecule has 2 aromatic carbocycles. The quantitative estimate of drug-likeness (QED) is 0.687. The number of nitrogens with zero attached hydrogens (tertiary/aromatic N) is 1. The second-order valence-corrected chi connectivity index (χ2v) is 7.40. The number of carbonyl (C=O) groups is 1. The third kappa shape index (κ3) is 3.22. The van der Waals surface area contributed by atoms with Crippen LogP contribution in [0.25, 0.3) is 0 Å². The Morgan fingerprint density at radius 1 is 1.30 bits per heavy atom. The monoisotopic (exact) mass is 438 g/mol. The van der Waals surface area contributed by atoms with Crippen LogP contribution in [0.15, 0.2) is 34.8 Å². The number of piperidine rings is 1. The zero-order valence-corrected chi connectivity index (χ0v) is 16.1. The second-order valence-electron chi connectivity index (χ2n) is 6.54. The van der Waals surface area contributed by atoms with Crippen LogP contribution in [0.3, 0.4) is 0 Å². The highest BCUT2D eigenvalue weighted by Crippen LogP contribution is 2.48. The van der Waals surface area contributed by atoms with Gasteiger partial charge in [0.15, 0.2) is 5.75 Å². The molecule has 1 amide bonds. The first kappa shape index (κ1) is 18.0. The van der Waals surface area contributed by atoms with Crippen molar-refractivity contribution in [3.63, 3.8) is 0 Å². The fourth-order valence-corrected chi connectivity index (χ4v) is 4.13. The van der Waals surface area contributed by atoms with Crippen molar-refractivity contribution < 1.29 is 23.0 Å². The molecule has 0 aliphatic carbocycles. The largest absolute Gasteiger partial charge is 0.455 e. The number of anilines is 1. The molecule has 2 aromatic rings. The molecule has 2 atom stereocenters. The lowest BCUT2D eigenvalue weighted by atomic mass is 9.89. The number of rotatable bonds is 1. The average Bonchev–Trinajstić information content (AvgIpc) is 2.77. The predicted octanol–water partition coefficient (Wildman–Crippen LogP) is 4.90. The third-order valence-electron chi connectivity index (χ3n) is 4.95. The van der Waals surface area contributed by atoms with Gasteiger partial charge in [0.2, 0.25) is 0 Å². The summed E-state index contributed by atoms with van der Waals surface area (Å²) < 4.78 is 39.0. The normalized spacial score (nSPS) is 20.5. The number of ether oxygens (including phenoxy) is 2. The van der Waals surface area contributed by atoms with Gasteiger partial charge in [-0.3, -0.25) is 0 Å². The summed E-state index contributed by atoms with van der Waals surface area (Å²) in [5, 5.41) is 2.87. The van der Waals surface area contributed by atoms with E-state index >= 15 is 0 Å². The minimum Gasteiger partial charge on any atom is -0.455 e. The smallest absolute Gasteiger partial charge is 0.407 e. The molecular weight excluding hydrogens is 422 g/mol. The molecule has 1 N–H and O–H groups in total. The number of halogens is 3. The molecule has 1 fully saturated rings. The van der Waals surface area contributed by atoms with Crippen molar-refractivity contribution in [2.45, 2.75) is 24.9 Å². The van der Waals surface area contributed by atoms with Gasteiger partial charge in [0.25, 0.3) is 0 Å². The topological polar surface area (TPSA) is 50.8 Å². The number of amides is 1. The molecule has 4 rings (SSSR count). The van der Waals surface area contributed by atoms with E-state index in [1.807, 2.05) is 0 Å². The number of nitrogens with one attached hydrogen (secondary N) is 1. The predicted molar refractivity (Wildman–Crippen MR) is 99.2 cm³/mol. The van der Waals surface area contributed by atoms with Crippen LogP contribution in [-0.4, -0.2) is 25.8 Å². The highest BCUT2D eigenvalue weighted by atomic mass is 79.9. The van der Waals surface area contributed by atoms with E-state index in [4.69, 9.17) is 9.47 Å². The molecule has 0 saturated carbocycles. The minimum absolute atomic E-state index is 0.270. The summed E-state index contributed by atoms with van der Waals surface area (Å²) >= 11 is 3.22. The van der Waals surface area contributed by atoms with Crippen LogP contribution < -0.4 is 15.0 Å². The van der Waals surface area contributed by atoms with Gasteiger partial charge < -0.3 is 19.7 Å². The Hall–Kier alpha value is -2.35. The molecule has 5 nitrogen and oxygen atoms in total. The van der Waals surface area contributed by atoms with Crippen molar-refractivity contribution in [3.8, 4) is 11.5 Å². The SMILES string of the molecule is COC(=O)N[C@@H]1CCCN2c3cc(Br)c(F)cc3Oc3cc(F)ccc3[C@@H]12. The molecule has 1 saturated heterocycles. The minimum atomic E-state index is -0.531. The summed E-state index contributed by atoms with van der Waals surface area (Å²) in [4.78, 5) is 13.9. The number of hydrogen-bond donors (Lipinski definition) is 1. The van der Waals surface area contributed by atoms with Crippen molar-refractivity contribution >= 4 is 27.7 Å². The first-order valence-corrected chi connectivity index (χ1v) is 9.34. The van der Waals surface area contributed by atoms with Crippen molar-refractivity contribution in [3.05, 3.63) is 52.0 Å². The molecule has 0 bridgehead atoms. The van der Waals surface area contributed by atoms with Crippen LogP contribution in [-0.2, 0) is 4.74 Å². The Labute approximate surface area is 163 Å². The number of fused-ring (bicyclic) bond motifs is 5. The van der Waals surface area contributed by atoms with E-state index in [0.29, 0.717) is 28.2 Å². The van der Waals surface area contributed by atoms with Crippen LogP contribution >= 0.6 is 15.9 Å². The Kier molecular flexibility index (Phi) is 4.67. The summed E-state index contributed by atoms with van der Waals surface area (Å²) in [5.74, 6) is -0.297. The van der Waals surface area contributed by atoms with Gasteiger partial charge in [-0.15, -0.1) is 0 Å². The lowest BCUT2D eigenvalue weighted by molar-refractivity contribution is 0.161. The van der Waals surface area contributed by atoms with Crippen molar-refractivity contribution in [2.24, 2.45) is 0 Å². The number of carbonyl (C=O) groups excluding carboxylic acids is 1. The Morgan fingerprint density at radius 2 is 2.11 bits per heavy atom. The van der Waals surface area contributed by atoms with E-state index in [9.17, 15) is 13.6 Å². The summed E-state index contributed by atoms with van der Waals surface area (Å²) in [7, 11) is 1.31. The molecule has 142 valence electrons. The standard InChI is InChI=1S/C19H17BrF2N2O3/c1-26-19(25)23-14-3-2-6-24-15-8-12(20)13(22)9-17(15)27-16-7-10(21)4-5-11(16)18(14)24/h4-5,7-9,14,18H,2-3,6H2,1H3,(H,23,25)/t14-,18+/m1/s1. The van der Waals surface area contributed by atoms with E-state index in [2.05, 4.69) is 26.1 Å². The van der Waals surface area contributed by atoms with Crippen LogP contribution in [0.1, 0.15) is 24.4 Å². The van der Waals surface area contributed by atoms with Crippen molar-refractivity contribution in [1.29, 1.82) is 0 Å². The Bertz CT molecular complexity index is 909. The molecule has 0 unspecified atom stereocenters. The van der Waals surface area contributed by atoms with Gasteiger partial charge in [-0.05, 0) is 40.9 Å². The van der Waals surface area contributed by atoms with Crippen molar-refractivity contribution in [2.75, 3.05) is 18.6 Å². The number of alkyl carbamates (subject to hydrolysis) is 1. The molecule has 8 heteroatoms. The van der Waals surface area contributed by atoms with E-state index < -0.39 is 17.7 Å². The van der Waals surface area contributed by atoms with Gasteiger partial charge >= 0.3 is 6.09 Å². The second kappa shape index (κ2) is 6.99. The fraction of sp³-hybridized carbons (Fsp3) is 0.316. The van der Waals surface area contributed by atoms with Crippen LogP contribution in [0.2, 0.25) is 0 Å². The molecule has 27 heavy (non-hydrogen) atoms. The lowest BCUT2D eigenvalue weighted by Gasteiger charge is -2.42. The first-order chi connectivity index (χ1) is 13.0. The summed E-state index contributed by atoms with van der Waals surface area (Å²) in [6, 6.07) is 6.66. The van der Waals surface area contributed by atoms with Gasteiger partial charge in [-0.25, -0.2) is 13.6 Å². The van der Waals surface area contributed by atoms with E-state index in [-0.39, 0.29) is 12.1 Å². The van der Waals surface area contributed by atoms with Crippen LogP contribution in [0.5, 0.6) is 11.5 Å². The van der Waals surface area contributed by atoms with E-state index in [1.165, 1.54) is 25.3 Å². The maximum absolute atomic E-state index is 14.1. The van der Waals surface area contributed by atoms with Crippen LogP contribution in [0, 0.1) is 11.6 Å². The summed E-state index contributed by atoms with van der Waals surface area (Å²) in [5.41, 5.74) is 1.41. The zero-order chi connectivity index (χ0) is 19.1. The maximum Gasteiger partial charge on any atom is 0.407 e. The van der Waals surface area contributed by atoms with E-state index in [1.54, 1.807) is 12.1 Å². The summed E-state index contributed by atoms with van der Waals surface area (Å²) in [6.07, 6.45) is 1.01. The molecule has 0 radical (unpaired) electrons. The molecule has 2 heterocycles. The van der Waals surface area contributed by atoms with Gasteiger partial charge in [0, 0.05) is 24.2 Å². The molecule has 0 spiro atoms. The molecule has 2 aliphatic heterocycles. The van der Waals surface area contributed by atoms with Gasteiger partial charge in [0.1, 0.15) is 17.4 Å². The van der Waals surface area contributed by atoms with E-state index in [0.717, 1.165) is 18.4 Å². The zero-order valence-electron chi connectivity index (χ0n) is 14.5. The highest BCUT2D eigenvalue weighted by Gasteiger charge is 2.39. The van der Waals surface area contributed by atoms with Gasteiger partial charge in [-0.1, -0.05) is 6.07 Å². The van der Waals surface area contributed by atoms with Crippen LogP contribution in [0.4, 0.5) is 19.3 Å². The lowest BCUT2D eigenvalue weighted by Crippen LogP contribution is -2.50. The van der Waals surface area contributed by atoms with Gasteiger partial charge in [0.05, 0.1) is 29.4 Å². The molecule has 2 aliphatic rings. The van der Waals surface area contributed by atoms with Gasteiger partial charge in [-0.2, -0.15) is 0 Å². The third-order valence-corrected chi connectivity index (χ3v) is 5.55. The average molecular weight is 439 g/mol. The number of methoxy groups -OCH3 is 1.